The van der Waals surface area contributed by atoms with Gasteiger partial charge in [-0.2, -0.15) is 0 Å². The highest BCUT2D eigenvalue weighted by molar-refractivity contribution is 5.71. The number of nitrogens with zero attached hydrogens (tertiary/aromatic N) is 4. The first kappa shape index (κ1) is 13.6. The Kier molecular flexibility index (Phi) is 2.93. The molecular formula is C17H22N4O. The molecule has 1 aliphatic heterocycles. The maximum Gasteiger partial charge on any atom is 0.131 e. The maximum absolute atomic E-state index is 6.13. The van der Waals surface area contributed by atoms with E-state index < -0.39 is 0 Å². The molecule has 2 fully saturated rings. The normalized spacial score (nSPS) is 19.9. The van der Waals surface area contributed by atoms with Gasteiger partial charge in [-0.3, -0.25) is 4.68 Å². The Balaban J connectivity index is 1.66. The fourth-order valence-corrected chi connectivity index (χ4v) is 3.02. The first-order valence-corrected chi connectivity index (χ1v) is 7.93. The van der Waals surface area contributed by atoms with Gasteiger partial charge in [0, 0.05) is 37.5 Å². The van der Waals surface area contributed by atoms with E-state index in [1.165, 1.54) is 5.69 Å². The zero-order valence-corrected chi connectivity index (χ0v) is 13.4. The van der Waals surface area contributed by atoms with E-state index in [1.54, 1.807) is 4.68 Å². The number of aromatic nitrogens is 3. The Morgan fingerprint density at radius 2 is 2.00 bits per heavy atom. The van der Waals surface area contributed by atoms with Crippen molar-refractivity contribution in [2.24, 2.45) is 12.5 Å². The summed E-state index contributed by atoms with van der Waals surface area (Å²) in [5, 5.41) is 8.26. The van der Waals surface area contributed by atoms with Crippen LogP contribution in [0.1, 0.15) is 26.7 Å². The van der Waals surface area contributed by atoms with Crippen LogP contribution < -0.4 is 9.64 Å². The third-order valence-electron chi connectivity index (χ3n) is 4.26. The van der Waals surface area contributed by atoms with Gasteiger partial charge in [-0.1, -0.05) is 19.1 Å². The lowest BCUT2D eigenvalue weighted by molar-refractivity contribution is 0.275. The van der Waals surface area contributed by atoms with Crippen molar-refractivity contribution in [2.45, 2.75) is 32.8 Å². The Morgan fingerprint density at radius 3 is 2.59 bits per heavy atom. The zero-order valence-electron chi connectivity index (χ0n) is 13.4. The van der Waals surface area contributed by atoms with Crippen molar-refractivity contribution in [2.75, 3.05) is 18.0 Å². The van der Waals surface area contributed by atoms with Crippen molar-refractivity contribution in [3.8, 4) is 17.0 Å². The number of hydrogen-bond donors (Lipinski definition) is 0. The number of anilines is 1. The molecule has 2 heterocycles. The van der Waals surface area contributed by atoms with Crippen molar-refractivity contribution in [3.05, 3.63) is 24.4 Å². The standard InChI is InChI=1S/C17H22N4O/c1-17(2)10-21(11-17)12-4-7-14(15-9-20(3)19-18-15)16(8-12)22-13-5-6-13/h4,7-9,13H,5-6,10-11H2,1-3H3. The molecule has 1 aliphatic carbocycles. The molecule has 0 atom stereocenters. The van der Waals surface area contributed by atoms with E-state index in [2.05, 4.69) is 47.3 Å². The highest BCUT2D eigenvalue weighted by Gasteiger charge is 2.34. The molecule has 5 heteroatoms. The summed E-state index contributed by atoms with van der Waals surface area (Å²) >= 11 is 0. The monoisotopic (exact) mass is 298 g/mol. The van der Waals surface area contributed by atoms with Gasteiger partial charge in [0.15, 0.2) is 0 Å². The van der Waals surface area contributed by atoms with Crippen molar-refractivity contribution < 1.29 is 4.74 Å². The maximum atomic E-state index is 6.13. The molecule has 1 saturated carbocycles. The van der Waals surface area contributed by atoms with Gasteiger partial charge in [0.2, 0.25) is 0 Å². The highest BCUT2D eigenvalue weighted by atomic mass is 16.5. The second-order valence-corrected chi connectivity index (χ2v) is 7.30. The van der Waals surface area contributed by atoms with Crippen LogP contribution in [0.25, 0.3) is 11.3 Å². The summed E-state index contributed by atoms with van der Waals surface area (Å²) < 4.78 is 7.85. The molecule has 0 unspecified atom stereocenters. The number of rotatable bonds is 4. The van der Waals surface area contributed by atoms with Gasteiger partial charge in [0.1, 0.15) is 11.4 Å². The minimum Gasteiger partial charge on any atom is -0.490 e. The van der Waals surface area contributed by atoms with Crippen LogP contribution in [0.4, 0.5) is 5.69 Å². The van der Waals surface area contributed by atoms with Gasteiger partial charge in [-0.25, -0.2) is 0 Å². The van der Waals surface area contributed by atoms with Crippen LogP contribution in [-0.4, -0.2) is 34.2 Å². The summed E-state index contributed by atoms with van der Waals surface area (Å²) in [5.41, 5.74) is 3.56. The molecule has 22 heavy (non-hydrogen) atoms. The van der Waals surface area contributed by atoms with E-state index in [4.69, 9.17) is 4.74 Å². The van der Waals surface area contributed by atoms with Crippen LogP contribution in [-0.2, 0) is 7.05 Å². The molecule has 4 rings (SSSR count). The Labute approximate surface area is 130 Å². The van der Waals surface area contributed by atoms with Gasteiger partial charge in [0.25, 0.3) is 0 Å². The molecule has 2 aliphatic rings. The van der Waals surface area contributed by atoms with E-state index in [-0.39, 0.29) is 0 Å². The number of aryl methyl sites for hydroxylation is 1. The van der Waals surface area contributed by atoms with E-state index in [1.807, 2.05) is 13.2 Å². The predicted octanol–water partition coefficient (Wildman–Crippen LogP) is 2.87. The Hall–Kier alpha value is -2.04. The molecule has 2 aromatic rings. The van der Waals surface area contributed by atoms with Crippen LogP contribution in [0.3, 0.4) is 0 Å². The van der Waals surface area contributed by atoms with Crippen molar-refractivity contribution in [1.82, 2.24) is 15.0 Å². The topological polar surface area (TPSA) is 43.2 Å². The Morgan fingerprint density at radius 1 is 1.23 bits per heavy atom. The molecule has 0 spiro atoms. The molecule has 5 nitrogen and oxygen atoms in total. The van der Waals surface area contributed by atoms with Gasteiger partial charge in [-0.05, 0) is 30.4 Å². The van der Waals surface area contributed by atoms with Gasteiger partial charge in [0.05, 0.1) is 12.3 Å². The van der Waals surface area contributed by atoms with Crippen molar-refractivity contribution in [1.29, 1.82) is 0 Å². The summed E-state index contributed by atoms with van der Waals surface area (Å²) in [6, 6.07) is 6.44. The summed E-state index contributed by atoms with van der Waals surface area (Å²) in [6.07, 6.45) is 4.61. The molecule has 1 saturated heterocycles. The summed E-state index contributed by atoms with van der Waals surface area (Å²) in [6.45, 7) is 6.80. The fraction of sp³-hybridized carbons (Fsp3) is 0.529. The van der Waals surface area contributed by atoms with Crippen molar-refractivity contribution in [3.63, 3.8) is 0 Å². The predicted molar refractivity (Wildman–Crippen MR) is 86.1 cm³/mol. The molecule has 0 radical (unpaired) electrons. The molecule has 116 valence electrons. The Bertz CT molecular complexity index is 694. The fourth-order valence-electron chi connectivity index (χ4n) is 3.02. The lowest BCUT2D eigenvalue weighted by Crippen LogP contribution is -2.53. The number of hydrogen-bond acceptors (Lipinski definition) is 4. The molecular weight excluding hydrogens is 276 g/mol. The second-order valence-electron chi connectivity index (χ2n) is 7.30. The molecule has 0 bridgehead atoms. The van der Waals surface area contributed by atoms with Crippen LogP contribution in [0.5, 0.6) is 5.75 Å². The third kappa shape index (κ3) is 2.56. The van der Waals surface area contributed by atoms with Gasteiger partial charge >= 0.3 is 0 Å². The van der Waals surface area contributed by atoms with E-state index >= 15 is 0 Å². The SMILES string of the molecule is Cn1cc(-c2ccc(N3CC(C)(C)C3)cc2OC2CC2)nn1. The molecule has 0 N–H and O–H groups in total. The van der Waals surface area contributed by atoms with Gasteiger partial charge < -0.3 is 9.64 Å². The smallest absolute Gasteiger partial charge is 0.131 e. The number of ether oxygens (including phenoxy) is 1. The van der Waals surface area contributed by atoms with Crippen LogP contribution >= 0.6 is 0 Å². The first-order chi connectivity index (χ1) is 10.5. The highest BCUT2D eigenvalue weighted by Crippen LogP contribution is 2.40. The number of benzene rings is 1. The van der Waals surface area contributed by atoms with E-state index in [0.29, 0.717) is 11.5 Å². The minimum atomic E-state index is 0.374. The quantitative estimate of drug-likeness (QED) is 0.870. The van der Waals surface area contributed by atoms with E-state index in [0.717, 1.165) is 42.9 Å². The zero-order chi connectivity index (χ0) is 15.3. The van der Waals surface area contributed by atoms with Gasteiger partial charge in [-0.15, -0.1) is 5.10 Å². The third-order valence-corrected chi connectivity index (χ3v) is 4.26. The lowest BCUT2D eigenvalue weighted by Gasteiger charge is -2.47. The second kappa shape index (κ2) is 4.73. The van der Waals surface area contributed by atoms with Crippen LogP contribution in [0.2, 0.25) is 0 Å². The molecule has 1 aromatic heterocycles. The first-order valence-electron chi connectivity index (χ1n) is 7.93. The summed E-state index contributed by atoms with van der Waals surface area (Å²) in [4.78, 5) is 2.40. The molecule has 1 aromatic carbocycles. The lowest BCUT2D eigenvalue weighted by atomic mass is 9.84. The average molecular weight is 298 g/mol. The molecule has 0 amide bonds. The van der Waals surface area contributed by atoms with Crippen molar-refractivity contribution >= 4 is 5.69 Å². The largest absolute Gasteiger partial charge is 0.490 e. The summed E-state index contributed by atoms with van der Waals surface area (Å²) in [7, 11) is 1.88. The van der Waals surface area contributed by atoms with Crippen LogP contribution in [0.15, 0.2) is 24.4 Å². The van der Waals surface area contributed by atoms with Crippen LogP contribution in [0, 0.1) is 5.41 Å². The summed E-state index contributed by atoms with van der Waals surface area (Å²) in [5.74, 6) is 0.935. The van der Waals surface area contributed by atoms with E-state index in [9.17, 15) is 0 Å². The minimum absolute atomic E-state index is 0.374. The average Bonchev–Trinajstić information content (AvgIpc) is 3.15.